The number of nitro groups is 2. The maximum atomic E-state index is 10.0. The summed E-state index contributed by atoms with van der Waals surface area (Å²) in [5.41, 5.74) is 0. The smallest absolute Gasteiger partial charge is 0.392 e. The van der Waals surface area contributed by atoms with Crippen molar-refractivity contribution in [3.05, 3.63) is 20.2 Å². The molecule has 0 bridgehead atoms. The van der Waals surface area contributed by atoms with Crippen LogP contribution in [-0.4, -0.2) is 33.5 Å². The zero-order chi connectivity index (χ0) is 10.4. The molecule has 0 aromatic heterocycles. The number of rotatable bonds is 6. The van der Waals surface area contributed by atoms with Crippen LogP contribution in [0.4, 0.5) is 0 Å². The van der Waals surface area contributed by atoms with Crippen LogP contribution < -0.4 is 0 Å². The lowest BCUT2D eigenvalue weighted by atomic mass is 10.2. The van der Waals surface area contributed by atoms with Crippen LogP contribution in [0.15, 0.2) is 0 Å². The number of hydrogen-bond acceptors (Lipinski definition) is 6. The summed E-state index contributed by atoms with van der Waals surface area (Å²) in [6.07, 6.45) is -3.30. The van der Waals surface area contributed by atoms with E-state index < -0.39 is 35.0 Å². The molecule has 1 atom stereocenters. The quantitative estimate of drug-likeness (QED) is 0.330. The average molecular weight is 191 g/mol. The number of aliphatic hydroxyl groups excluding tert-OH is 1. The Bertz CT molecular complexity index is 203. The Morgan fingerprint density at radius 2 is 1.77 bits per heavy atom. The van der Waals surface area contributed by atoms with Gasteiger partial charge >= 0.3 is 6.17 Å². The molecule has 0 rings (SSSR count). The van der Waals surface area contributed by atoms with Gasteiger partial charge in [0.1, 0.15) is 6.42 Å². The summed E-state index contributed by atoms with van der Waals surface area (Å²) >= 11 is 0. The molecule has 0 fully saturated rings. The van der Waals surface area contributed by atoms with E-state index in [1.807, 2.05) is 0 Å². The van der Waals surface area contributed by atoms with Gasteiger partial charge in [0.2, 0.25) is 6.29 Å². The molecule has 0 aliphatic heterocycles. The minimum absolute atomic E-state index is 0.460. The summed E-state index contributed by atoms with van der Waals surface area (Å²) in [6.45, 7) is 0. The van der Waals surface area contributed by atoms with Crippen molar-refractivity contribution >= 4 is 6.29 Å². The largest absolute Gasteiger partial charge is 0.453 e. The molecule has 73 valence electrons. The Labute approximate surface area is 72.5 Å². The standard InChI is InChI=1S/C5H7N2O6/c8-2-1-4(9)3-5(6(10)11)7(12)13/h4-5,9H,1,3H2. The molecule has 0 aliphatic rings. The van der Waals surface area contributed by atoms with Crippen molar-refractivity contribution in [1.29, 1.82) is 0 Å². The maximum Gasteiger partial charge on any atom is 0.453 e. The van der Waals surface area contributed by atoms with Crippen LogP contribution in [0.5, 0.6) is 0 Å². The number of aliphatic hydroxyl groups is 1. The van der Waals surface area contributed by atoms with Gasteiger partial charge in [0, 0.05) is 6.42 Å². The molecule has 13 heavy (non-hydrogen) atoms. The molecule has 0 aliphatic carbocycles. The summed E-state index contributed by atoms with van der Waals surface area (Å²) < 4.78 is 0. The summed E-state index contributed by atoms with van der Waals surface area (Å²) in [5.74, 6) is 0. The molecule has 0 aromatic carbocycles. The molecule has 8 nitrogen and oxygen atoms in total. The third kappa shape index (κ3) is 4.11. The number of hydrogen-bond donors (Lipinski definition) is 1. The Balaban J connectivity index is 4.17. The Hall–Kier alpha value is -1.57. The van der Waals surface area contributed by atoms with E-state index in [0.29, 0.717) is 0 Å². The third-order valence-electron chi connectivity index (χ3n) is 1.29. The molecule has 0 saturated heterocycles. The zero-order valence-electron chi connectivity index (χ0n) is 6.45. The van der Waals surface area contributed by atoms with Gasteiger partial charge in [-0.2, -0.15) is 0 Å². The molecular weight excluding hydrogens is 184 g/mol. The van der Waals surface area contributed by atoms with Gasteiger partial charge in [-0.15, -0.1) is 0 Å². The minimum Gasteiger partial charge on any atom is -0.392 e. The lowest BCUT2D eigenvalue weighted by Gasteiger charge is -2.05. The highest BCUT2D eigenvalue weighted by atomic mass is 16.7. The summed E-state index contributed by atoms with van der Waals surface area (Å²) in [6, 6.07) is 0. The van der Waals surface area contributed by atoms with Crippen molar-refractivity contribution in [3.63, 3.8) is 0 Å². The molecule has 8 heteroatoms. The summed E-state index contributed by atoms with van der Waals surface area (Å²) in [4.78, 5) is 27.5. The summed E-state index contributed by atoms with van der Waals surface area (Å²) in [7, 11) is 0. The molecule has 0 spiro atoms. The molecule has 1 unspecified atom stereocenters. The number of nitrogens with zero attached hydrogens (tertiary/aromatic N) is 2. The van der Waals surface area contributed by atoms with Crippen molar-refractivity contribution < 1.29 is 19.7 Å². The SMILES string of the molecule is O=[C]CC(O)CC([N+](=O)[O-])[N+](=O)[O-]. The molecule has 0 heterocycles. The van der Waals surface area contributed by atoms with Gasteiger partial charge in [-0.05, 0) is 0 Å². The normalized spacial score (nSPS) is 12.5. The van der Waals surface area contributed by atoms with Gasteiger partial charge in [0.25, 0.3) is 0 Å². The van der Waals surface area contributed by atoms with E-state index in [2.05, 4.69) is 0 Å². The van der Waals surface area contributed by atoms with E-state index in [4.69, 9.17) is 5.11 Å². The van der Waals surface area contributed by atoms with Crippen molar-refractivity contribution in [2.75, 3.05) is 0 Å². The molecular formula is C5H7N2O6. The first-order valence-corrected chi connectivity index (χ1v) is 3.29. The fraction of sp³-hybridized carbons (Fsp3) is 0.800. The van der Waals surface area contributed by atoms with E-state index >= 15 is 0 Å². The van der Waals surface area contributed by atoms with Gasteiger partial charge in [0.15, 0.2) is 0 Å². The highest BCUT2D eigenvalue weighted by molar-refractivity contribution is 5.51. The first-order chi connectivity index (χ1) is 5.99. The molecule has 0 saturated carbocycles. The Kier molecular flexibility index (Phi) is 4.52. The minimum atomic E-state index is -2.07. The predicted octanol–water partition coefficient (Wildman–Crippen LogP) is -0.883. The van der Waals surface area contributed by atoms with E-state index in [9.17, 15) is 25.0 Å². The Morgan fingerprint density at radius 3 is 2.08 bits per heavy atom. The molecule has 0 amide bonds. The maximum absolute atomic E-state index is 10.0. The van der Waals surface area contributed by atoms with Crippen molar-refractivity contribution in [1.82, 2.24) is 0 Å². The lowest BCUT2D eigenvalue weighted by molar-refractivity contribution is -0.744. The second kappa shape index (κ2) is 5.14. The second-order valence-corrected chi connectivity index (χ2v) is 2.29. The van der Waals surface area contributed by atoms with Crippen LogP contribution >= 0.6 is 0 Å². The highest BCUT2D eigenvalue weighted by Crippen LogP contribution is 2.04. The first kappa shape index (κ1) is 11.4. The van der Waals surface area contributed by atoms with Crippen molar-refractivity contribution in [2.45, 2.75) is 25.1 Å². The Morgan fingerprint density at radius 1 is 1.31 bits per heavy atom. The summed E-state index contributed by atoms with van der Waals surface area (Å²) in [5, 5.41) is 28.9. The van der Waals surface area contributed by atoms with Crippen LogP contribution in [0, 0.1) is 20.2 Å². The van der Waals surface area contributed by atoms with Gasteiger partial charge in [-0.25, -0.2) is 0 Å². The van der Waals surface area contributed by atoms with Crippen molar-refractivity contribution in [2.24, 2.45) is 0 Å². The predicted molar refractivity (Wildman–Crippen MR) is 38.7 cm³/mol. The van der Waals surface area contributed by atoms with Crippen LogP contribution in [-0.2, 0) is 4.79 Å². The van der Waals surface area contributed by atoms with Crippen LogP contribution in [0.25, 0.3) is 0 Å². The van der Waals surface area contributed by atoms with E-state index in [0.717, 1.165) is 0 Å². The number of carbonyl (C=O) groups excluding carboxylic acids is 1. The van der Waals surface area contributed by atoms with E-state index in [1.54, 1.807) is 0 Å². The fourth-order valence-electron chi connectivity index (χ4n) is 0.672. The lowest BCUT2D eigenvalue weighted by Crippen LogP contribution is -2.32. The van der Waals surface area contributed by atoms with Crippen LogP contribution in [0.1, 0.15) is 12.8 Å². The van der Waals surface area contributed by atoms with Crippen LogP contribution in [0.3, 0.4) is 0 Å². The highest BCUT2D eigenvalue weighted by Gasteiger charge is 2.34. The first-order valence-electron chi connectivity index (χ1n) is 3.29. The zero-order valence-corrected chi connectivity index (χ0v) is 6.45. The topological polar surface area (TPSA) is 124 Å². The van der Waals surface area contributed by atoms with E-state index in [-0.39, 0.29) is 0 Å². The fourth-order valence-corrected chi connectivity index (χ4v) is 0.672. The molecule has 0 aromatic rings. The van der Waals surface area contributed by atoms with Gasteiger partial charge in [0.05, 0.1) is 16.0 Å². The van der Waals surface area contributed by atoms with Crippen LogP contribution in [0.2, 0.25) is 0 Å². The monoisotopic (exact) mass is 191 g/mol. The van der Waals surface area contributed by atoms with E-state index in [1.165, 1.54) is 6.29 Å². The average Bonchev–Trinajstić information content (AvgIpc) is 1.99. The van der Waals surface area contributed by atoms with Gasteiger partial charge in [-0.3, -0.25) is 25.0 Å². The second-order valence-electron chi connectivity index (χ2n) is 2.29. The van der Waals surface area contributed by atoms with Gasteiger partial charge < -0.3 is 5.11 Å². The molecule has 1 radical (unpaired) electrons. The molecule has 1 N–H and O–H groups in total. The third-order valence-corrected chi connectivity index (χ3v) is 1.29. The van der Waals surface area contributed by atoms with Crippen molar-refractivity contribution in [3.8, 4) is 0 Å². The van der Waals surface area contributed by atoms with Gasteiger partial charge in [-0.1, -0.05) is 0 Å².